The number of sulfonamides is 1. The Balaban J connectivity index is 2.34. The first-order valence-corrected chi connectivity index (χ1v) is 11.1. The van der Waals surface area contributed by atoms with E-state index < -0.39 is 58.9 Å². The molecule has 0 amide bonds. The molecule has 0 heterocycles. The van der Waals surface area contributed by atoms with Crippen LogP contribution in [0.5, 0.6) is 11.5 Å². The third-order valence-electron chi connectivity index (χ3n) is 4.32. The van der Waals surface area contributed by atoms with Crippen LogP contribution in [0.1, 0.15) is 26.3 Å². The average molecular weight is 517 g/mol. The van der Waals surface area contributed by atoms with E-state index in [9.17, 15) is 39.2 Å². The molecule has 0 spiro atoms. The van der Waals surface area contributed by atoms with E-state index in [4.69, 9.17) is 0 Å². The molecule has 0 fully saturated rings. The van der Waals surface area contributed by atoms with Crippen LogP contribution in [0.3, 0.4) is 0 Å². The summed E-state index contributed by atoms with van der Waals surface area (Å²) in [5.74, 6) is -5.74. The van der Waals surface area contributed by atoms with Crippen LogP contribution in [-0.2, 0) is 15.4 Å². The smallest absolute Gasteiger partial charge is 0.422 e. The SMILES string of the molecule is CC(C)(C)c1ccc(S(=O)(=O)Nc2cc(OCC(F)(F)F)cc(OCC(F)(F)C(F)F)c2)cc1. The summed E-state index contributed by atoms with van der Waals surface area (Å²) >= 11 is 0. The molecule has 0 aromatic heterocycles. The fourth-order valence-electron chi connectivity index (χ4n) is 2.55. The molecule has 190 valence electrons. The van der Waals surface area contributed by atoms with Gasteiger partial charge in [0.25, 0.3) is 10.0 Å². The van der Waals surface area contributed by atoms with Crippen molar-refractivity contribution in [3.63, 3.8) is 0 Å². The summed E-state index contributed by atoms with van der Waals surface area (Å²) in [4.78, 5) is -0.186. The Hall–Kier alpha value is -2.70. The minimum Gasteiger partial charge on any atom is -0.487 e. The minimum atomic E-state index is -4.76. The summed E-state index contributed by atoms with van der Waals surface area (Å²) in [5.41, 5.74) is 0.187. The van der Waals surface area contributed by atoms with Crippen molar-refractivity contribution in [1.29, 1.82) is 0 Å². The van der Waals surface area contributed by atoms with E-state index in [-0.39, 0.29) is 10.3 Å². The van der Waals surface area contributed by atoms with E-state index >= 15 is 0 Å². The summed E-state index contributed by atoms with van der Waals surface area (Å²) in [6, 6.07) is 8.25. The molecule has 2 aromatic carbocycles. The van der Waals surface area contributed by atoms with Crippen LogP contribution in [0.4, 0.5) is 36.4 Å². The van der Waals surface area contributed by atoms with Gasteiger partial charge in [-0.1, -0.05) is 32.9 Å². The van der Waals surface area contributed by atoms with Gasteiger partial charge in [-0.15, -0.1) is 0 Å². The highest BCUT2D eigenvalue weighted by Crippen LogP contribution is 2.32. The number of ether oxygens (including phenoxy) is 2. The van der Waals surface area contributed by atoms with Crippen LogP contribution >= 0.6 is 0 Å². The highest BCUT2D eigenvalue weighted by molar-refractivity contribution is 7.92. The zero-order valence-corrected chi connectivity index (χ0v) is 19.0. The van der Waals surface area contributed by atoms with E-state index in [1.807, 2.05) is 20.8 Å². The fraction of sp³-hybridized carbons (Fsp3) is 0.429. The van der Waals surface area contributed by atoms with Crippen LogP contribution in [0.25, 0.3) is 0 Å². The predicted molar refractivity (Wildman–Crippen MR) is 110 cm³/mol. The number of hydrogen-bond donors (Lipinski definition) is 1. The molecule has 1 N–H and O–H groups in total. The molecule has 0 saturated carbocycles. The van der Waals surface area contributed by atoms with Crippen molar-refractivity contribution in [2.24, 2.45) is 0 Å². The summed E-state index contributed by atoms with van der Waals surface area (Å²) in [7, 11) is -4.26. The fourth-order valence-corrected chi connectivity index (χ4v) is 3.59. The molecule has 0 aliphatic carbocycles. The third kappa shape index (κ3) is 7.96. The molecule has 2 aromatic rings. The second-order valence-electron chi connectivity index (χ2n) is 8.33. The maximum atomic E-state index is 13.2. The van der Waals surface area contributed by atoms with Crippen LogP contribution < -0.4 is 14.2 Å². The molecule has 0 atom stereocenters. The van der Waals surface area contributed by atoms with Gasteiger partial charge < -0.3 is 9.47 Å². The zero-order valence-electron chi connectivity index (χ0n) is 18.2. The molecule has 0 aliphatic rings. The Morgan fingerprint density at radius 1 is 0.853 bits per heavy atom. The van der Waals surface area contributed by atoms with Crippen molar-refractivity contribution in [3.8, 4) is 11.5 Å². The second-order valence-corrected chi connectivity index (χ2v) is 10.0. The van der Waals surface area contributed by atoms with Gasteiger partial charge in [-0.2, -0.15) is 22.0 Å². The summed E-state index contributed by atoms with van der Waals surface area (Å²) in [6.07, 6.45) is -8.81. The van der Waals surface area contributed by atoms with E-state index in [2.05, 4.69) is 14.2 Å². The number of alkyl halides is 7. The largest absolute Gasteiger partial charge is 0.487 e. The molecule has 0 radical (unpaired) electrons. The average Bonchev–Trinajstić information content (AvgIpc) is 2.69. The van der Waals surface area contributed by atoms with Gasteiger partial charge in [0.1, 0.15) is 11.5 Å². The van der Waals surface area contributed by atoms with Crippen molar-refractivity contribution < 1.29 is 48.6 Å². The van der Waals surface area contributed by atoms with Crippen LogP contribution in [0.15, 0.2) is 47.4 Å². The Morgan fingerprint density at radius 2 is 1.35 bits per heavy atom. The molecule has 0 saturated heterocycles. The number of anilines is 1. The van der Waals surface area contributed by atoms with Crippen molar-refractivity contribution >= 4 is 15.7 Å². The monoisotopic (exact) mass is 517 g/mol. The number of benzene rings is 2. The Morgan fingerprint density at radius 3 is 1.79 bits per heavy atom. The van der Waals surface area contributed by atoms with Crippen LogP contribution in [0, 0.1) is 0 Å². The minimum absolute atomic E-state index is 0.186. The van der Waals surface area contributed by atoms with E-state index in [1.165, 1.54) is 12.1 Å². The number of rotatable bonds is 9. The van der Waals surface area contributed by atoms with E-state index in [0.717, 1.165) is 23.8 Å². The van der Waals surface area contributed by atoms with E-state index in [1.54, 1.807) is 12.1 Å². The highest BCUT2D eigenvalue weighted by Gasteiger charge is 2.41. The molecule has 0 aliphatic heterocycles. The molecule has 2 rings (SSSR count). The maximum absolute atomic E-state index is 13.2. The van der Waals surface area contributed by atoms with Gasteiger partial charge in [-0.05, 0) is 23.1 Å². The number of halogens is 7. The van der Waals surface area contributed by atoms with Gasteiger partial charge in [0.15, 0.2) is 13.2 Å². The lowest BCUT2D eigenvalue weighted by Crippen LogP contribution is -2.33. The lowest BCUT2D eigenvalue weighted by atomic mass is 9.87. The lowest BCUT2D eigenvalue weighted by Gasteiger charge is -2.19. The Kier molecular flexibility index (Phi) is 8.01. The lowest BCUT2D eigenvalue weighted by molar-refractivity contribution is -0.153. The third-order valence-corrected chi connectivity index (χ3v) is 5.71. The van der Waals surface area contributed by atoms with Crippen LogP contribution in [-0.4, -0.2) is 40.2 Å². The molecule has 0 bridgehead atoms. The van der Waals surface area contributed by atoms with Gasteiger partial charge in [0.05, 0.1) is 10.6 Å². The van der Waals surface area contributed by atoms with Gasteiger partial charge in [-0.3, -0.25) is 4.72 Å². The predicted octanol–water partition coefficient (Wildman–Crippen LogP) is 6.01. The highest BCUT2D eigenvalue weighted by atomic mass is 32.2. The summed E-state index contributed by atoms with van der Waals surface area (Å²) < 4.78 is 125. The number of hydrogen-bond acceptors (Lipinski definition) is 4. The van der Waals surface area contributed by atoms with Gasteiger partial charge in [0, 0.05) is 18.2 Å². The quantitative estimate of drug-likeness (QED) is 0.414. The maximum Gasteiger partial charge on any atom is 0.422 e. The second kappa shape index (κ2) is 9.88. The molecule has 34 heavy (non-hydrogen) atoms. The van der Waals surface area contributed by atoms with Gasteiger partial charge in [0.2, 0.25) is 0 Å². The zero-order chi connectivity index (χ0) is 25.9. The van der Waals surface area contributed by atoms with Crippen LogP contribution in [0.2, 0.25) is 0 Å². The molecular weight excluding hydrogens is 495 g/mol. The van der Waals surface area contributed by atoms with Crippen molar-refractivity contribution in [1.82, 2.24) is 0 Å². The molecule has 0 unspecified atom stereocenters. The molecule has 5 nitrogen and oxygen atoms in total. The molecular formula is C21H22F7NO4S. The number of nitrogens with one attached hydrogen (secondary N) is 1. The van der Waals surface area contributed by atoms with Crippen molar-refractivity contribution in [2.45, 2.75) is 49.6 Å². The topological polar surface area (TPSA) is 64.6 Å². The first-order valence-electron chi connectivity index (χ1n) is 9.66. The van der Waals surface area contributed by atoms with Gasteiger partial charge in [-0.25, -0.2) is 17.2 Å². The van der Waals surface area contributed by atoms with Crippen molar-refractivity contribution in [3.05, 3.63) is 48.0 Å². The van der Waals surface area contributed by atoms with Crippen molar-refractivity contribution in [2.75, 3.05) is 17.9 Å². The normalized spacial score (nSPS) is 13.1. The van der Waals surface area contributed by atoms with E-state index in [0.29, 0.717) is 0 Å². The first kappa shape index (κ1) is 27.5. The standard InChI is InChI=1S/C21H22F7NO4S/c1-19(2,3)13-4-6-17(7-5-13)34(30,31)29-14-8-15(32-11-20(24,25)18(22)23)10-16(9-14)33-12-21(26,27)28/h4-10,18,29H,11-12H2,1-3H3. The summed E-state index contributed by atoms with van der Waals surface area (Å²) in [5, 5.41) is 0. The Labute approximate surface area is 191 Å². The van der Waals surface area contributed by atoms with Gasteiger partial charge >= 0.3 is 18.5 Å². The Bertz CT molecular complexity index is 1080. The summed E-state index contributed by atoms with van der Waals surface area (Å²) in [6.45, 7) is 2.18. The molecule has 13 heteroatoms. The first-order chi connectivity index (χ1) is 15.4.